The molecule has 2 aromatic rings. The minimum atomic E-state index is -0.459. The molecule has 5 nitrogen and oxygen atoms in total. The first-order chi connectivity index (χ1) is 10.3. The van der Waals surface area contributed by atoms with E-state index in [-0.39, 0.29) is 5.82 Å². The second-order valence-corrected chi connectivity index (χ2v) is 5.97. The largest absolute Gasteiger partial charge is 0.460 e. The maximum Gasteiger partial charge on any atom is 0.378 e. The Labute approximate surface area is 127 Å². The topological polar surface area (TPSA) is 57.0 Å². The van der Waals surface area contributed by atoms with Gasteiger partial charge in [-0.05, 0) is 31.2 Å². The van der Waals surface area contributed by atoms with Crippen molar-refractivity contribution >= 4 is 17.7 Å². The molecular weight excluding hydrogens is 286 g/mol. The Morgan fingerprint density at radius 2 is 2.24 bits per heavy atom. The second-order valence-electron chi connectivity index (χ2n) is 4.82. The molecule has 0 bridgehead atoms. The Morgan fingerprint density at radius 3 is 2.90 bits per heavy atom. The molecule has 3 rings (SSSR count). The van der Waals surface area contributed by atoms with Crippen molar-refractivity contribution < 1.29 is 9.53 Å². The van der Waals surface area contributed by atoms with E-state index in [1.807, 2.05) is 42.1 Å². The number of esters is 1. The van der Waals surface area contributed by atoms with Crippen LogP contribution in [0.4, 0.5) is 0 Å². The summed E-state index contributed by atoms with van der Waals surface area (Å²) in [4.78, 5) is 16.3. The standard InChI is InChI=1S/C15H17N3O2S/c1-2-20-15(19)13-16-14(11-8-9-21-10-11)18(17-13)12-6-4-3-5-7-12/h3-7,11H,2,8-10H2,1H3. The third kappa shape index (κ3) is 2.95. The van der Waals surface area contributed by atoms with Crippen molar-refractivity contribution in [1.29, 1.82) is 0 Å². The normalized spacial score (nSPS) is 17.9. The zero-order valence-corrected chi connectivity index (χ0v) is 12.7. The molecule has 6 heteroatoms. The molecule has 21 heavy (non-hydrogen) atoms. The van der Waals surface area contributed by atoms with Gasteiger partial charge in [-0.3, -0.25) is 0 Å². The molecule has 1 fully saturated rings. The van der Waals surface area contributed by atoms with Gasteiger partial charge in [0, 0.05) is 11.7 Å². The van der Waals surface area contributed by atoms with Gasteiger partial charge in [-0.25, -0.2) is 14.5 Å². The van der Waals surface area contributed by atoms with E-state index in [9.17, 15) is 4.79 Å². The second kappa shape index (κ2) is 6.30. The first kappa shape index (κ1) is 14.1. The number of rotatable bonds is 4. The van der Waals surface area contributed by atoms with Gasteiger partial charge < -0.3 is 4.74 Å². The summed E-state index contributed by atoms with van der Waals surface area (Å²) in [6.07, 6.45) is 1.07. The summed E-state index contributed by atoms with van der Waals surface area (Å²) in [5, 5.41) is 4.37. The van der Waals surface area contributed by atoms with E-state index in [0.29, 0.717) is 12.5 Å². The Morgan fingerprint density at radius 1 is 1.43 bits per heavy atom. The van der Waals surface area contributed by atoms with Gasteiger partial charge in [0.25, 0.3) is 5.82 Å². The van der Waals surface area contributed by atoms with E-state index < -0.39 is 5.97 Å². The van der Waals surface area contributed by atoms with Crippen LogP contribution >= 0.6 is 11.8 Å². The van der Waals surface area contributed by atoms with Crippen molar-refractivity contribution in [2.45, 2.75) is 19.3 Å². The highest BCUT2D eigenvalue weighted by atomic mass is 32.2. The van der Waals surface area contributed by atoms with Crippen molar-refractivity contribution in [3.05, 3.63) is 42.0 Å². The third-order valence-corrected chi connectivity index (χ3v) is 4.55. The molecule has 0 N–H and O–H groups in total. The quantitative estimate of drug-likeness (QED) is 0.813. The average molecular weight is 303 g/mol. The lowest BCUT2D eigenvalue weighted by Gasteiger charge is -2.09. The van der Waals surface area contributed by atoms with Gasteiger partial charge in [-0.15, -0.1) is 5.10 Å². The van der Waals surface area contributed by atoms with E-state index in [4.69, 9.17) is 4.74 Å². The van der Waals surface area contributed by atoms with Crippen molar-refractivity contribution in [2.75, 3.05) is 18.1 Å². The van der Waals surface area contributed by atoms with E-state index in [1.54, 1.807) is 11.6 Å². The lowest BCUT2D eigenvalue weighted by molar-refractivity contribution is 0.0512. The van der Waals surface area contributed by atoms with Crippen molar-refractivity contribution in [2.24, 2.45) is 0 Å². The third-order valence-electron chi connectivity index (χ3n) is 3.39. The number of carbonyl (C=O) groups is 1. The zero-order valence-electron chi connectivity index (χ0n) is 11.9. The number of hydrogen-bond acceptors (Lipinski definition) is 5. The minimum Gasteiger partial charge on any atom is -0.460 e. The van der Waals surface area contributed by atoms with Gasteiger partial charge in [-0.2, -0.15) is 11.8 Å². The molecule has 0 radical (unpaired) electrons. The van der Waals surface area contributed by atoms with Crippen LogP contribution in [-0.4, -0.2) is 38.8 Å². The Bertz CT molecular complexity index is 621. The van der Waals surface area contributed by atoms with Crippen LogP contribution in [0.2, 0.25) is 0 Å². The molecular formula is C15H17N3O2S. The fourth-order valence-electron chi connectivity index (χ4n) is 2.37. The van der Waals surface area contributed by atoms with Crippen molar-refractivity contribution in [3.8, 4) is 5.69 Å². The van der Waals surface area contributed by atoms with E-state index in [1.165, 1.54) is 0 Å². The average Bonchev–Trinajstić information content (AvgIpc) is 3.17. The summed E-state index contributed by atoms with van der Waals surface area (Å²) < 4.78 is 6.79. The molecule has 2 heterocycles. The molecule has 110 valence electrons. The van der Waals surface area contributed by atoms with E-state index in [2.05, 4.69) is 10.1 Å². The fraction of sp³-hybridized carbons (Fsp3) is 0.400. The maximum atomic E-state index is 11.9. The highest BCUT2D eigenvalue weighted by Crippen LogP contribution is 2.32. The van der Waals surface area contributed by atoms with Crippen molar-refractivity contribution in [1.82, 2.24) is 14.8 Å². The van der Waals surface area contributed by atoms with Crippen LogP contribution in [0.15, 0.2) is 30.3 Å². The van der Waals surface area contributed by atoms with Gasteiger partial charge in [-0.1, -0.05) is 18.2 Å². The number of nitrogens with zero attached hydrogens (tertiary/aromatic N) is 3. The Hall–Kier alpha value is -1.82. The van der Waals surface area contributed by atoms with Gasteiger partial charge in [0.2, 0.25) is 0 Å². The van der Waals surface area contributed by atoms with Gasteiger partial charge in [0.1, 0.15) is 5.82 Å². The minimum absolute atomic E-state index is 0.146. The predicted octanol–water partition coefficient (Wildman–Crippen LogP) is 2.66. The maximum absolute atomic E-state index is 11.9. The van der Waals surface area contributed by atoms with Crippen LogP contribution in [0.5, 0.6) is 0 Å². The summed E-state index contributed by atoms with van der Waals surface area (Å²) in [6.45, 7) is 2.11. The molecule has 0 amide bonds. The lowest BCUT2D eigenvalue weighted by Crippen LogP contribution is -2.08. The van der Waals surface area contributed by atoms with Crippen LogP contribution in [-0.2, 0) is 4.74 Å². The number of para-hydroxylation sites is 1. The Kier molecular flexibility index (Phi) is 4.24. The molecule has 1 atom stereocenters. The highest BCUT2D eigenvalue weighted by molar-refractivity contribution is 7.99. The van der Waals surface area contributed by atoms with Crippen LogP contribution in [0, 0.1) is 0 Å². The molecule has 1 aromatic heterocycles. The lowest BCUT2D eigenvalue weighted by atomic mass is 10.1. The van der Waals surface area contributed by atoms with Gasteiger partial charge in [0.05, 0.1) is 12.3 Å². The SMILES string of the molecule is CCOC(=O)c1nc(C2CCSC2)n(-c2ccccc2)n1. The fourth-order valence-corrected chi connectivity index (χ4v) is 3.59. The summed E-state index contributed by atoms with van der Waals surface area (Å²) >= 11 is 1.91. The molecule has 1 aromatic carbocycles. The highest BCUT2D eigenvalue weighted by Gasteiger charge is 2.27. The monoisotopic (exact) mass is 303 g/mol. The number of hydrogen-bond donors (Lipinski definition) is 0. The summed E-state index contributed by atoms with van der Waals surface area (Å²) in [5.41, 5.74) is 0.924. The summed E-state index contributed by atoms with van der Waals surface area (Å²) in [5.74, 6) is 3.03. The van der Waals surface area contributed by atoms with Crippen molar-refractivity contribution in [3.63, 3.8) is 0 Å². The van der Waals surface area contributed by atoms with Crippen LogP contribution in [0.25, 0.3) is 5.69 Å². The molecule has 1 unspecified atom stereocenters. The van der Waals surface area contributed by atoms with Crippen LogP contribution in [0.3, 0.4) is 0 Å². The number of carbonyl (C=O) groups excluding carboxylic acids is 1. The number of aromatic nitrogens is 3. The first-order valence-electron chi connectivity index (χ1n) is 7.07. The number of benzene rings is 1. The molecule has 0 spiro atoms. The number of ether oxygens (including phenoxy) is 1. The molecule has 1 aliphatic rings. The molecule has 0 aliphatic carbocycles. The van der Waals surface area contributed by atoms with Gasteiger partial charge >= 0.3 is 5.97 Å². The van der Waals surface area contributed by atoms with E-state index in [0.717, 1.165) is 29.4 Å². The molecule has 1 aliphatic heterocycles. The summed E-state index contributed by atoms with van der Waals surface area (Å²) in [7, 11) is 0. The molecule has 1 saturated heterocycles. The summed E-state index contributed by atoms with van der Waals surface area (Å²) in [6, 6.07) is 9.80. The smallest absolute Gasteiger partial charge is 0.378 e. The van der Waals surface area contributed by atoms with Crippen LogP contribution in [0.1, 0.15) is 35.7 Å². The predicted molar refractivity (Wildman–Crippen MR) is 82.0 cm³/mol. The zero-order chi connectivity index (χ0) is 14.7. The number of thioether (sulfide) groups is 1. The first-order valence-corrected chi connectivity index (χ1v) is 8.22. The molecule has 0 saturated carbocycles. The van der Waals surface area contributed by atoms with Gasteiger partial charge in [0.15, 0.2) is 0 Å². The Balaban J connectivity index is 2.01. The van der Waals surface area contributed by atoms with Crippen LogP contribution < -0.4 is 0 Å². The van der Waals surface area contributed by atoms with E-state index >= 15 is 0 Å².